The van der Waals surface area contributed by atoms with Crippen molar-refractivity contribution in [3.8, 4) is 0 Å². The molecule has 0 saturated carbocycles. The number of rotatable bonds is 16. The number of carbonyl (C=O) groups excluding carboxylic acids is 4. The molecule has 0 bridgehead atoms. The Kier molecular flexibility index (Phi) is 48.1. The summed E-state index contributed by atoms with van der Waals surface area (Å²) < 4.78 is 0. The Morgan fingerprint density at radius 1 is 0.459 bits per heavy atom. The van der Waals surface area contributed by atoms with Gasteiger partial charge in [-0.1, -0.05) is 27.7 Å². The summed E-state index contributed by atoms with van der Waals surface area (Å²) in [6.45, 7) is 5.84. The van der Waals surface area contributed by atoms with Crippen LogP contribution in [0.2, 0.25) is 0 Å². The topological polar surface area (TPSA) is 149 Å². The average Bonchev–Trinajstić information content (AvgIpc) is 2.92. The van der Waals surface area contributed by atoms with Crippen LogP contribution in [-0.4, -0.2) is 93.0 Å². The minimum absolute atomic E-state index is 0.301. The van der Waals surface area contributed by atoms with Crippen LogP contribution < -0.4 is 0 Å². The molecule has 0 amide bonds. The van der Waals surface area contributed by atoms with Crippen molar-refractivity contribution in [1.29, 1.82) is 0 Å². The van der Waals surface area contributed by atoms with E-state index in [0.29, 0.717) is 97.5 Å². The average molecular weight is 609 g/mol. The van der Waals surface area contributed by atoms with Crippen LogP contribution in [0.1, 0.15) is 79.1 Å². The highest BCUT2D eigenvalue weighted by molar-refractivity contribution is 7.80. The van der Waals surface area contributed by atoms with E-state index in [9.17, 15) is 19.2 Å². The molecule has 37 heavy (non-hydrogen) atoms. The van der Waals surface area contributed by atoms with E-state index >= 15 is 0 Å². The fraction of sp³-hybridized carbons (Fsp3) is 0.840. The maximum Gasteiger partial charge on any atom is 0.133 e. The Bertz CT molecular complexity index is 441. The Balaban J connectivity index is -0.000000116. The predicted molar refractivity (Wildman–Crippen MR) is 166 cm³/mol. The molecule has 0 radical (unpaired) electrons. The molecular weight excluding hydrogens is 557 g/mol. The lowest BCUT2D eigenvalue weighted by atomic mass is 9.93. The zero-order valence-corrected chi connectivity index (χ0v) is 26.6. The Morgan fingerprint density at radius 2 is 0.622 bits per heavy atom. The van der Waals surface area contributed by atoms with Gasteiger partial charge in [0.25, 0.3) is 0 Å². The monoisotopic (exact) mass is 608 g/mol. The van der Waals surface area contributed by atoms with Crippen molar-refractivity contribution in [1.82, 2.24) is 0 Å². The van der Waals surface area contributed by atoms with Gasteiger partial charge in [-0.25, -0.2) is 0 Å². The van der Waals surface area contributed by atoms with E-state index in [1.165, 1.54) is 0 Å². The molecule has 0 heterocycles. The van der Waals surface area contributed by atoms with Gasteiger partial charge in [0.1, 0.15) is 23.1 Å². The smallest absolute Gasteiger partial charge is 0.133 e. The lowest BCUT2D eigenvalue weighted by Crippen LogP contribution is -2.37. The van der Waals surface area contributed by atoms with Gasteiger partial charge >= 0.3 is 0 Å². The number of ketones is 4. The van der Waals surface area contributed by atoms with Gasteiger partial charge in [0.05, 0.1) is 31.8 Å². The minimum atomic E-state index is -1.11. The third-order valence-corrected chi connectivity index (χ3v) is 5.38. The van der Waals surface area contributed by atoms with Crippen molar-refractivity contribution in [3.63, 3.8) is 0 Å². The molecule has 0 aliphatic carbocycles. The van der Waals surface area contributed by atoms with Crippen LogP contribution in [0.25, 0.3) is 0 Å². The molecule has 224 valence electrons. The molecule has 12 heteroatoms. The maximum absolute atomic E-state index is 10.4. The van der Waals surface area contributed by atoms with E-state index in [2.05, 4.69) is 50.5 Å². The summed E-state index contributed by atoms with van der Waals surface area (Å²) in [5.74, 6) is 3.95. The third kappa shape index (κ3) is 40.6. The molecule has 4 N–H and O–H groups in total. The van der Waals surface area contributed by atoms with E-state index in [1.807, 2.05) is 27.7 Å². The fourth-order valence-electron chi connectivity index (χ4n) is 1.51. The van der Waals surface area contributed by atoms with Gasteiger partial charge in [0, 0.05) is 51.4 Å². The molecule has 0 spiro atoms. The summed E-state index contributed by atoms with van der Waals surface area (Å²) >= 11 is 15.6. The molecule has 0 aliphatic rings. The molecule has 0 aromatic carbocycles. The Hall–Kier alpha value is -0.0800. The van der Waals surface area contributed by atoms with Crippen LogP contribution in [0.5, 0.6) is 0 Å². The number of hydrogen-bond acceptors (Lipinski definition) is 12. The first-order valence-electron chi connectivity index (χ1n) is 12.4. The van der Waals surface area contributed by atoms with E-state index in [0.717, 1.165) is 0 Å². The Morgan fingerprint density at radius 3 is 0.649 bits per heavy atom. The molecule has 0 aliphatic heterocycles. The highest BCUT2D eigenvalue weighted by Crippen LogP contribution is 2.11. The van der Waals surface area contributed by atoms with Crippen molar-refractivity contribution in [2.45, 2.75) is 79.1 Å². The summed E-state index contributed by atoms with van der Waals surface area (Å²) in [6, 6.07) is 0. The second kappa shape index (κ2) is 38.1. The first-order chi connectivity index (χ1) is 17.5. The molecular formula is C25H52O8S4. The van der Waals surface area contributed by atoms with Crippen molar-refractivity contribution in [3.05, 3.63) is 0 Å². The van der Waals surface area contributed by atoms with Crippen molar-refractivity contribution < 1.29 is 39.6 Å². The van der Waals surface area contributed by atoms with E-state index in [-0.39, 0.29) is 0 Å². The summed E-state index contributed by atoms with van der Waals surface area (Å²) in [4.78, 5) is 41.5. The van der Waals surface area contributed by atoms with Crippen LogP contribution in [-0.2, 0) is 19.2 Å². The summed E-state index contributed by atoms with van der Waals surface area (Å²) in [6.07, 6.45) is 5.11. The van der Waals surface area contributed by atoms with Crippen molar-refractivity contribution in [2.24, 2.45) is 5.41 Å². The summed E-state index contributed by atoms with van der Waals surface area (Å²) in [5, 5.41) is 34.0. The van der Waals surface area contributed by atoms with Gasteiger partial charge < -0.3 is 20.4 Å². The highest BCUT2D eigenvalue weighted by Gasteiger charge is 2.26. The lowest BCUT2D eigenvalue weighted by molar-refractivity contribution is -0.119. The van der Waals surface area contributed by atoms with Crippen LogP contribution in [0, 0.1) is 5.41 Å². The standard InChI is InChI=1S/C5H12O4.4C5H10OS/c6-1-5(2-7,3-8)4-9;4*1-2-5(6)3-4-7/h6-9H,1-4H2;4*7H,2-4H2,1H3. The SMILES string of the molecule is CCC(=O)CCS.CCC(=O)CCS.CCC(=O)CCS.CCC(=O)CCS.OCC(CO)(CO)CO. The minimum Gasteiger partial charge on any atom is -0.396 e. The number of Topliss-reactive ketones (excluding diaryl/α,β-unsaturated/α-hetero) is 4. The molecule has 0 rings (SSSR count). The maximum atomic E-state index is 10.4. The number of aliphatic hydroxyl groups excluding tert-OH is 4. The second-order valence-electron chi connectivity index (χ2n) is 7.60. The fourth-order valence-corrected chi connectivity index (χ4v) is 2.50. The first-order valence-corrected chi connectivity index (χ1v) is 14.9. The number of carbonyl (C=O) groups is 4. The van der Waals surface area contributed by atoms with Crippen molar-refractivity contribution >= 4 is 73.6 Å². The molecule has 0 fully saturated rings. The normalized spacial score (nSPS) is 9.62. The van der Waals surface area contributed by atoms with Crippen LogP contribution in [0.4, 0.5) is 0 Å². The zero-order valence-electron chi connectivity index (χ0n) is 23.0. The van der Waals surface area contributed by atoms with Crippen LogP contribution in [0.3, 0.4) is 0 Å². The van der Waals surface area contributed by atoms with Gasteiger partial charge in [0.15, 0.2) is 0 Å². The van der Waals surface area contributed by atoms with Gasteiger partial charge in [-0.15, -0.1) is 0 Å². The van der Waals surface area contributed by atoms with E-state index in [4.69, 9.17) is 20.4 Å². The molecule has 0 unspecified atom stereocenters. The molecule has 0 saturated heterocycles. The molecule has 0 aromatic heterocycles. The second-order valence-corrected chi connectivity index (χ2v) is 9.38. The molecule has 8 nitrogen and oxygen atoms in total. The van der Waals surface area contributed by atoms with Gasteiger partial charge in [-0.3, -0.25) is 19.2 Å². The van der Waals surface area contributed by atoms with E-state index < -0.39 is 31.8 Å². The zero-order chi connectivity index (χ0) is 30.1. The summed E-state index contributed by atoms with van der Waals surface area (Å²) in [5.41, 5.74) is -1.11. The van der Waals surface area contributed by atoms with Gasteiger partial charge in [-0.05, 0) is 23.0 Å². The Labute approximate surface area is 246 Å². The van der Waals surface area contributed by atoms with Crippen LogP contribution in [0.15, 0.2) is 0 Å². The quantitative estimate of drug-likeness (QED) is 0.125. The number of thiol groups is 4. The van der Waals surface area contributed by atoms with Crippen LogP contribution >= 0.6 is 50.5 Å². The van der Waals surface area contributed by atoms with E-state index in [1.54, 1.807) is 0 Å². The summed E-state index contributed by atoms with van der Waals surface area (Å²) in [7, 11) is 0. The highest BCUT2D eigenvalue weighted by atomic mass is 32.1. The lowest BCUT2D eigenvalue weighted by Gasteiger charge is -2.23. The molecule has 0 atom stereocenters. The number of hydrogen-bond donors (Lipinski definition) is 8. The number of aliphatic hydroxyl groups is 4. The van der Waals surface area contributed by atoms with Gasteiger partial charge in [0.2, 0.25) is 0 Å². The largest absolute Gasteiger partial charge is 0.396 e. The third-order valence-electron chi connectivity index (χ3n) is 4.48. The van der Waals surface area contributed by atoms with Crippen molar-refractivity contribution in [2.75, 3.05) is 49.4 Å². The molecule has 0 aromatic rings. The van der Waals surface area contributed by atoms with Gasteiger partial charge in [-0.2, -0.15) is 50.5 Å². The predicted octanol–water partition coefficient (Wildman–Crippen LogP) is 3.08. The first kappa shape index (κ1) is 46.8.